The van der Waals surface area contributed by atoms with Gasteiger partial charge >= 0.3 is 0 Å². The van der Waals surface area contributed by atoms with Gasteiger partial charge in [-0.15, -0.1) is 0 Å². The van der Waals surface area contributed by atoms with Crippen molar-refractivity contribution in [1.82, 2.24) is 4.90 Å². The molecule has 2 rings (SSSR count). The lowest BCUT2D eigenvalue weighted by Crippen LogP contribution is -2.40. The van der Waals surface area contributed by atoms with Crippen LogP contribution in [0.3, 0.4) is 0 Å². The molecule has 0 N–H and O–H groups in total. The number of carbonyl (C=O) groups is 1. The first-order valence-electron chi connectivity index (χ1n) is 8.01. The Hall–Kier alpha value is -1.42. The summed E-state index contributed by atoms with van der Waals surface area (Å²) < 4.78 is 5.80. The number of amides is 1. The Morgan fingerprint density at radius 1 is 1.08 bits per heavy atom. The Balaban J connectivity index is 1.96. The molecule has 0 aliphatic heterocycles. The highest BCUT2D eigenvalue weighted by molar-refractivity contribution is 6.35. The molecule has 0 heterocycles. The van der Waals surface area contributed by atoms with Crippen LogP contribution in [0.1, 0.15) is 18.9 Å². The summed E-state index contributed by atoms with van der Waals surface area (Å²) in [5.74, 6) is 0.375. The molecule has 0 aliphatic rings. The van der Waals surface area contributed by atoms with Crippen LogP contribution in [0.25, 0.3) is 0 Å². The van der Waals surface area contributed by atoms with Crippen LogP contribution in [-0.2, 0) is 11.2 Å². The van der Waals surface area contributed by atoms with Crippen molar-refractivity contribution in [2.24, 2.45) is 0 Å². The lowest BCUT2D eigenvalue weighted by atomic mass is 10.1. The first kappa shape index (κ1) is 19.9. The quantitative estimate of drug-likeness (QED) is 0.613. The molecule has 0 bridgehead atoms. The summed E-state index contributed by atoms with van der Waals surface area (Å²) in [4.78, 5) is 14.3. The molecule has 25 heavy (non-hydrogen) atoms. The Kier molecular flexibility index (Phi) is 7.42. The van der Waals surface area contributed by atoms with Crippen LogP contribution in [0.4, 0.5) is 0 Å². The van der Waals surface area contributed by atoms with Crippen molar-refractivity contribution in [2.75, 3.05) is 13.6 Å². The van der Waals surface area contributed by atoms with Crippen molar-refractivity contribution in [2.45, 2.75) is 25.9 Å². The molecule has 0 aromatic heterocycles. The van der Waals surface area contributed by atoms with Gasteiger partial charge < -0.3 is 9.64 Å². The molecule has 134 valence electrons. The third-order valence-corrected chi connectivity index (χ3v) is 4.62. The van der Waals surface area contributed by atoms with E-state index >= 15 is 0 Å². The smallest absolute Gasteiger partial charge is 0.263 e. The highest BCUT2D eigenvalue weighted by Crippen LogP contribution is 2.29. The number of halogens is 3. The van der Waals surface area contributed by atoms with Gasteiger partial charge in [0.05, 0.1) is 5.02 Å². The fourth-order valence-electron chi connectivity index (χ4n) is 2.34. The van der Waals surface area contributed by atoms with E-state index in [0.717, 1.165) is 12.0 Å². The van der Waals surface area contributed by atoms with Crippen LogP contribution >= 0.6 is 34.8 Å². The topological polar surface area (TPSA) is 29.5 Å². The molecular weight excluding hydrogens is 381 g/mol. The Morgan fingerprint density at radius 2 is 1.72 bits per heavy atom. The monoisotopic (exact) mass is 399 g/mol. The number of nitrogens with zero attached hydrogens (tertiary/aromatic N) is 1. The van der Waals surface area contributed by atoms with Gasteiger partial charge in [0, 0.05) is 23.6 Å². The zero-order valence-electron chi connectivity index (χ0n) is 14.1. The number of carbonyl (C=O) groups excluding carboxylic acids is 1. The molecule has 1 amide bonds. The van der Waals surface area contributed by atoms with Gasteiger partial charge in [-0.2, -0.15) is 0 Å². The second-order valence-corrected chi connectivity index (χ2v) is 7.01. The summed E-state index contributed by atoms with van der Waals surface area (Å²) in [6.45, 7) is 2.49. The second kappa shape index (κ2) is 9.33. The summed E-state index contributed by atoms with van der Waals surface area (Å²) >= 11 is 17.9. The van der Waals surface area contributed by atoms with E-state index in [2.05, 4.69) is 0 Å². The van der Waals surface area contributed by atoms with E-state index in [9.17, 15) is 4.79 Å². The van der Waals surface area contributed by atoms with Crippen LogP contribution in [-0.4, -0.2) is 30.5 Å². The lowest BCUT2D eigenvalue weighted by molar-refractivity contribution is -0.137. The second-order valence-electron chi connectivity index (χ2n) is 5.73. The predicted molar refractivity (Wildman–Crippen MR) is 104 cm³/mol. The molecule has 0 fully saturated rings. The van der Waals surface area contributed by atoms with Gasteiger partial charge in [0.15, 0.2) is 6.10 Å². The highest BCUT2D eigenvalue weighted by atomic mass is 35.5. The van der Waals surface area contributed by atoms with E-state index in [1.807, 2.05) is 31.2 Å². The summed E-state index contributed by atoms with van der Waals surface area (Å²) in [5, 5.41) is 1.62. The third kappa shape index (κ3) is 5.81. The fraction of sp³-hybridized carbons (Fsp3) is 0.316. The van der Waals surface area contributed by atoms with E-state index in [4.69, 9.17) is 39.5 Å². The molecule has 6 heteroatoms. The molecule has 0 spiro atoms. The zero-order chi connectivity index (χ0) is 18.4. The van der Waals surface area contributed by atoms with Crippen molar-refractivity contribution in [3.8, 4) is 5.75 Å². The van der Waals surface area contributed by atoms with Crippen molar-refractivity contribution >= 4 is 40.7 Å². The van der Waals surface area contributed by atoms with Gasteiger partial charge in [-0.3, -0.25) is 4.79 Å². The average Bonchev–Trinajstić information content (AvgIpc) is 2.60. The van der Waals surface area contributed by atoms with Crippen molar-refractivity contribution in [3.05, 3.63) is 63.1 Å². The largest absolute Gasteiger partial charge is 0.479 e. The van der Waals surface area contributed by atoms with Gasteiger partial charge in [-0.25, -0.2) is 0 Å². The van der Waals surface area contributed by atoms with Crippen molar-refractivity contribution in [1.29, 1.82) is 0 Å². The van der Waals surface area contributed by atoms with E-state index in [1.54, 1.807) is 30.1 Å². The van der Waals surface area contributed by atoms with Gasteiger partial charge in [0.25, 0.3) is 5.91 Å². The minimum atomic E-state index is -0.589. The molecule has 0 radical (unpaired) electrons. The SMILES string of the molecule is CCC(Oc1ccc(Cl)cc1Cl)C(=O)N(C)CCc1ccc(Cl)cc1. The van der Waals surface area contributed by atoms with E-state index in [1.165, 1.54) is 0 Å². The zero-order valence-corrected chi connectivity index (χ0v) is 16.4. The van der Waals surface area contributed by atoms with Gasteiger partial charge in [0.2, 0.25) is 0 Å². The average molecular weight is 401 g/mol. The molecule has 0 saturated heterocycles. The van der Waals surface area contributed by atoms with Crippen LogP contribution in [0.15, 0.2) is 42.5 Å². The Labute approximate surface area is 163 Å². The number of likely N-dealkylation sites (N-methyl/N-ethyl adjacent to an activating group) is 1. The van der Waals surface area contributed by atoms with Gasteiger partial charge in [0.1, 0.15) is 5.75 Å². The van der Waals surface area contributed by atoms with E-state index in [0.29, 0.717) is 33.8 Å². The highest BCUT2D eigenvalue weighted by Gasteiger charge is 2.23. The number of hydrogen-bond donors (Lipinski definition) is 0. The third-order valence-electron chi connectivity index (χ3n) is 3.83. The molecular formula is C19H20Cl3NO2. The Morgan fingerprint density at radius 3 is 2.32 bits per heavy atom. The molecule has 0 aliphatic carbocycles. The number of ether oxygens (including phenoxy) is 1. The normalized spacial score (nSPS) is 11.9. The molecule has 1 unspecified atom stereocenters. The van der Waals surface area contributed by atoms with Crippen LogP contribution in [0.2, 0.25) is 15.1 Å². The Bertz CT molecular complexity index is 719. The van der Waals surface area contributed by atoms with Gasteiger partial charge in [-0.1, -0.05) is 53.9 Å². The van der Waals surface area contributed by atoms with Gasteiger partial charge in [-0.05, 0) is 48.7 Å². The molecule has 3 nitrogen and oxygen atoms in total. The van der Waals surface area contributed by atoms with Crippen LogP contribution in [0, 0.1) is 0 Å². The maximum Gasteiger partial charge on any atom is 0.263 e. The predicted octanol–water partition coefficient (Wildman–Crippen LogP) is 5.51. The first-order chi connectivity index (χ1) is 11.9. The van der Waals surface area contributed by atoms with E-state index < -0.39 is 6.10 Å². The fourth-order valence-corrected chi connectivity index (χ4v) is 2.92. The first-order valence-corrected chi connectivity index (χ1v) is 9.15. The van der Waals surface area contributed by atoms with Crippen molar-refractivity contribution in [3.63, 3.8) is 0 Å². The minimum absolute atomic E-state index is 0.0810. The van der Waals surface area contributed by atoms with E-state index in [-0.39, 0.29) is 5.91 Å². The summed E-state index contributed by atoms with van der Waals surface area (Å²) in [5.41, 5.74) is 1.12. The lowest BCUT2D eigenvalue weighted by Gasteiger charge is -2.24. The number of benzene rings is 2. The summed E-state index contributed by atoms with van der Waals surface area (Å²) in [6.07, 6.45) is 0.703. The molecule has 2 aromatic carbocycles. The number of rotatable bonds is 7. The van der Waals surface area contributed by atoms with Crippen molar-refractivity contribution < 1.29 is 9.53 Å². The van der Waals surface area contributed by atoms with Crippen LogP contribution < -0.4 is 4.74 Å². The minimum Gasteiger partial charge on any atom is -0.479 e. The summed E-state index contributed by atoms with van der Waals surface area (Å²) in [6, 6.07) is 12.6. The standard InChI is InChI=1S/C19H20Cl3NO2/c1-3-17(25-18-9-8-15(21)12-16(18)22)19(24)23(2)11-10-13-4-6-14(20)7-5-13/h4-9,12,17H,3,10-11H2,1-2H3. The maximum atomic E-state index is 12.6. The summed E-state index contributed by atoms with van der Waals surface area (Å²) in [7, 11) is 1.77. The molecule has 0 saturated carbocycles. The van der Waals surface area contributed by atoms with Crippen LogP contribution in [0.5, 0.6) is 5.75 Å². The molecule has 2 aromatic rings. The molecule has 1 atom stereocenters. The number of hydrogen-bond acceptors (Lipinski definition) is 2. The maximum absolute atomic E-state index is 12.6.